The van der Waals surface area contributed by atoms with Gasteiger partial charge in [0.1, 0.15) is 17.3 Å². The van der Waals surface area contributed by atoms with Gasteiger partial charge < -0.3 is 26.6 Å². The molecule has 5 N–H and O–H groups in total. The Balaban J connectivity index is 0.00000259. The number of nitrogens with zero attached hydrogens (tertiary/aromatic N) is 2. The highest BCUT2D eigenvalue weighted by Gasteiger charge is 2.30. The first-order chi connectivity index (χ1) is 21.0. The molecule has 0 aromatic heterocycles. The van der Waals surface area contributed by atoms with Crippen molar-refractivity contribution < 1.29 is 9.18 Å². The Kier molecular flexibility index (Phi) is 10.8. The molecule has 0 radical (unpaired) electrons. The van der Waals surface area contributed by atoms with Crippen molar-refractivity contribution in [3.63, 3.8) is 0 Å². The molecule has 0 fully saturated rings. The minimum Gasteiger partial charge on any atom is -0.396 e. The van der Waals surface area contributed by atoms with Gasteiger partial charge in [-0.2, -0.15) is 0 Å². The predicted octanol–water partition coefficient (Wildman–Crippen LogP) is 6.59. The summed E-state index contributed by atoms with van der Waals surface area (Å²) in [6.07, 6.45) is 5.37. The molecule has 0 unspecified atom stereocenters. The average molecular weight is 591 g/mol. The molecule has 44 heavy (non-hydrogen) atoms. The van der Waals surface area contributed by atoms with Gasteiger partial charge >= 0.3 is 0 Å². The second-order valence-electron chi connectivity index (χ2n) is 10.0. The molecule has 7 nitrogen and oxygen atoms in total. The predicted molar refractivity (Wildman–Crippen MR) is 181 cm³/mol. The number of likely N-dealkylation sites (N-methyl/N-ethyl adjacent to an activating group) is 1. The van der Waals surface area contributed by atoms with Crippen molar-refractivity contribution in [2.45, 2.75) is 20.0 Å². The number of ketones is 1. The first-order valence-corrected chi connectivity index (χ1v) is 13.8. The number of halogens is 1. The van der Waals surface area contributed by atoms with Crippen molar-refractivity contribution in [1.29, 1.82) is 0 Å². The van der Waals surface area contributed by atoms with Crippen molar-refractivity contribution in [1.82, 2.24) is 15.5 Å². The zero-order chi connectivity index (χ0) is 32.6. The molecule has 0 amide bonds. The van der Waals surface area contributed by atoms with E-state index < -0.39 is 5.82 Å². The van der Waals surface area contributed by atoms with E-state index in [2.05, 4.69) is 86.3 Å². The maximum Gasteiger partial charge on any atom is 0.212 e. The molecule has 2 aliphatic rings. The number of hydrogen-bond acceptors (Lipinski definition) is 7. The highest BCUT2D eigenvalue weighted by molar-refractivity contribution is 6.20. The molecule has 1 aliphatic carbocycles. The molecule has 0 bridgehead atoms. The van der Waals surface area contributed by atoms with Crippen LogP contribution in [0.25, 0.3) is 5.57 Å². The summed E-state index contributed by atoms with van der Waals surface area (Å²) in [6, 6.07) is 12.8. The fourth-order valence-corrected chi connectivity index (χ4v) is 4.31. The fourth-order valence-electron chi connectivity index (χ4n) is 4.31. The SMILES string of the molecule is C=C.C=C/C=C1/N=C(C(=C)NCc2ccc(F)c(NC3=C(N)C(=C)C3=O)c2)C=C(C(=C)NCc2ccc(C(=C)C)cc2)N1C. The summed E-state index contributed by atoms with van der Waals surface area (Å²) in [6.45, 7) is 28.7. The van der Waals surface area contributed by atoms with Crippen LogP contribution in [0.1, 0.15) is 23.6 Å². The van der Waals surface area contributed by atoms with Crippen LogP contribution >= 0.6 is 0 Å². The molecule has 0 spiro atoms. The summed E-state index contributed by atoms with van der Waals surface area (Å²) in [7, 11) is 1.91. The third-order valence-corrected chi connectivity index (χ3v) is 6.94. The number of anilines is 1. The topological polar surface area (TPSA) is 94.8 Å². The molecular formula is C36H39FN6O. The van der Waals surface area contributed by atoms with Crippen LogP contribution in [0.3, 0.4) is 0 Å². The summed E-state index contributed by atoms with van der Waals surface area (Å²) in [5, 5.41) is 9.45. The van der Waals surface area contributed by atoms with E-state index in [0.717, 1.165) is 28.0 Å². The van der Waals surface area contributed by atoms with Crippen molar-refractivity contribution in [3.8, 4) is 0 Å². The molecule has 2 aromatic rings. The molecule has 0 saturated heterocycles. The van der Waals surface area contributed by atoms with Crippen LogP contribution in [0.15, 0.2) is 152 Å². The molecule has 0 saturated carbocycles. The van der Waals surface area contributed by atoms with Gasteiger partial charge in [0.15, 0.2) is 0 Å². The summed E-state index contributed by atoms with van der Waals surface area (Å²) in [5.41, 5.74) is 13.3. The second kappa shape index (κ2) is 14.5. The summed E-state index contributed by atoms with van der Waals surface area (Å²) in [5.74, 6) is -0.167. The van der Waals surface area contributed by atoms with E-state index in [4.69, 9.17) is 10.7 Å². The molecule has 1 heterocycles. The monoisotopic (exact) mass is 590 g/mol. The van der Waals surface area contributed by atoms with Crippen molar-refractivity contribution >= 4 is 22.8 Å². The average Bonchev–Trinajstić information content (AvgIpc) is 3.03. The van der Waals surface area contributed by atoms with Gasteiger partial charge in [-0.15, -0.1) is 13.2 Å². The maximum absolute atomic E-state index is 14.5. The highest BCUT2D eigenvalue weighted by Crippen LogP contribution is 2.28. The van der Waals surface area contributed by atoms with Crippen LogP contribution in [0.5, 0.6) is 0 Å². The largest absolute Gasteiger partial charge is 0.396 e. The number of benzene rings is 2. The number of allylic oxidation sites excluding steroid dienone is 6. The Morgan fingerprint density at radius 2 is 1.64 bits per heavy atom. The van der Waals surface area contributed by atoms with Crippen molar-refractivity contribution in [2.24, 2.45) is 10.7 Å². The van der Waals surface area contributed by atoms with Crippen molar-refractivity contribution in [3.05, 3.63) is 169 Å². The van der Waals surface area contributed by atoms with E-state index in [1.54, 1.807) is 24.3 Å². The Morgan fingerprint density at radius 3 is 2.25 bits per heavy atom. The van der Waals surface area contributed by atoms with Gasteiger partial charge in [-0.05, 0) is 47.9 Å². The lowest BCUT2D eigenvalue weighted by atomic mass is 9.93. The number of hydrogen-bond donors (Lipinski definition) is 4. The van der Waals surface area contributed by atoms with Gasteiger partial charge in [0.25, 0.3) is 0 Å². The normalized spacial score (nSPS) is 14.9. The third-order valence-electron chi connectivity index (χ3n) is 6.94. The third kappa shape index (κ3) is 7.41. The Hall–Kier alpha value is -5.63. The van der Waals surface area contributed by atoms with Gasteiger partial charge in [-0.1, -0.05) is 74.9 Å². The van der Waals surface area contributed by atoms with Crippen molar-refractivity contribution in [2.75, 3.05) is 12.4 Å². The Bertz CT molecular complexity index is 1660. The van der Waals surface area contributed by atoms with E-state index in [0.29, 0.717) is 36.0 Å². The summed E-state index contributed by atoms with van der Waals surface area (Å²) < 4.78 is 14.5. The molecule has 1 aliphatic heterocycles. The van der Waals surface area contributed by atoms with Gasteiger partial charge in [-0.25, -0.2) is 9.38 Å². The number of rotatable bonds is 12. The molecular weight excluding hydrogens is 551 g/mol. The summed E-state index contributed by atoms with van der Waals surface area (Å²) >= 11 is 0. The van der Waals surface area contributed by atoms with Gasteiger partial charge in [0.05, 0.1) is 34.2 Å². The lowest BCUT2D eigenvalue weighted by Gasteiger charge is -2.29. The molecule has 2 aromatic carbocycles. The van der Waals surface area contributed by atoms with Gasteiger partial charge in [-0.3, -0.25) is 4.79 Å². The maximum atomic E-state index is 14.5. The lowest BCUT2D eigenvalue weighted by molar-refractivity contribution is -0.113. The molecule has 226 valence electrons. The zero-order valence-electron chi connectivity index (χ0n) is 25.4. The fraction of sp³-hybridized carbons (Fsp3) is 0.111. The minimum atomic E-state index is -0.507. The molecule has 0 atom stereocenters. The lowest BCUT2D eigenvalue weighted by Crippen LogP contribution is -2.31. The first kappa shape index (κ1) is 32.9. The highest BCUT2D eigenvalue weighted by atomic mass is 19.1. The Labute approximate surface area is 259 Å². The summed E-state index contributed by atoms with van der Waals surface area (Å²) in [4.78, 5) is 18.6. The number of carbonyl (C=O) groups excluding carboxylic acids is 1. The number of Topliss-reactive ketones (excluding diaryl/α,β-unsaturated/α-hetero) is 1. The first-order valence-electron chi connectivity index (χ1n) is 13.8. The van der Waals surface area contributed by atoms with Crippen LogP contribution in [0.4, 0.5) is 10.1 Å². The van der Waals surface area contributed by atoms with E-state index in [1.807, 2.05) is 24.9 Å². The Morgan fingerprint density at radius 1 is 1.02 bits per heavy atom. The molecule has 4 rings (SSSR count). The number of carbonyl (C=O) groups is 1. The second-order valence-corrected chi connectivity index (χ2v) is 10.0. The van der Waals surface area contributed by atoms with Crippen LogP contribution in [-0.4, -0.2) is 23.4 Å². The number of nitrogens with one attached hydrogen (secondary N) is 3. The van der Waals surface area contributed by atoms with E-state index in [9.17, 15) is 9.18 Å². The number of nitrogens with two attached hydrogens (primary N) is 1. The van der Waals surface area contributed by atoms with Crippen LogP contribution < -0.4 is 21.7 Å². The van der Waals surface area contributed by atoms with Crippen LogP contribution in [0.2, 0.25) is 0 Å². The smallest absolute Gasteiger partial charge is 0.212 e. The van der Waals surface area contributed by atoms with E-state index in [1.165, 1.54) is 6.07 Å². The van der Waals surface area contributed by atoms with Crippen LogP contribution in [0, 0.1) is 5.82 Å². The van der Waals surface area contributed by atoms with E-state index in [-0.39, 0.29) is 28.4 Å². The van der Waals surface area contributed by atoms with E-state index >= 15 is 0 Å². The van der Waals surface area contributed by atoms with Crippen LogP contribution in [-0.2, 0) is 17.9 Å². The minimum absolute atomic E-state index is 0.144. The quantitative estimate of drug-likeness (QED) is 0.165. The van der Waals surface area contributed by atoms with Gasteiger partial charge in [0.2, 0.25) is 5.78 Å². The van der Waals surface area contributed by atoms with Gasteiger partial charge in [0, 0.05) is 25.7 Å². The molecule has 8 heteroatoms. The number of aliphatic imine (C=N–C) groups is 1. The standard InChI is InChI=1S/C34H35FN6O.C2H4/c1-8-9-31-39-28(17-30(41(31)7)23(6)38-18-24-10-13-26(14-11-24)20(2)3)22(5)37-19-25-12-15-27(35)29(16-25)40-33-32(36)21(4)34(33)42;1-2/h8-17,37-38,40H,1-2,4-6,18-19,36H2,3,7H3;1-2H2/b31-9-;. The zero-order valence-corrected chi connectivity index (χ0v) is 25.4.